The zero-order valence-corrected chi connectivity index (χ0v) is 19.9. The number of amides is 1. The Morgan fingerprint density at radius 2 is 2.12 bits per heavy atom. The Morgan fingerprint density at radius 3 is 3.00 bits per heavy atom. The normalized spacial score (nSPS) is 13.2. The molecule has 0 radical (unpaired) electrons. The van der Waals surface area contributed by atoms with E-state index < -0.39 is 0 Å². The third-order valence-electron chi connectivity index (χ3n) is 6.20. The molecule has 166 valence electrons. The van der Waals surface area contributed by atoms with Gasteiger partial charge >= 0.3 is 0 Å². The number of carbonyl (C=O) groups is 1. The van der Waals surface area contributed by atoms with Crippen molar-refractivity contribution in [1.29, 1.82) is 0 Å². The highest BCUT2D eigenvalue weighted by Gasteiger charge is 2.21. The summed E-state index contributed by atoms with van der Waals surface area (Å²) in [6, 6.07) is 6.26. The van der Waals surface area contributed by atoms with E-state index >= 15 is 0 Å². The molecule has 8 heteroatoms. The van der Waals surface area contributed by atoms with E-state index in [1.807, 2.05) is 6.07 Å². The summed E-state index contributed by atoms with van der Waals surface area (Å²) >= 11 is 3.28. The van der Waals surface area contributed by atoms with Gasteiger partial charge in [0.15, 0.2) is 0 Å². The summed E-state index contributed by atoms with van der Waals surface area (Å²) in [4.78, 5) is 37.9. The van der Waals surface area contributed by atoms with E-state index in [9.17, 15) is 9.59 Å². The summed E-state index contributed by atoms with van der Waals surface area (Å²) < 4.78 is 0. The van der Waals surface area contributed by atoms with Crippen LogP contribution in [-0.4, -0.2) is 26.6 Å². The molecule has 5 rings (SSSR count). The molecule has 4 aromatic rings. The summed E-state index contributed by atoms with van der Waals surface area (Å²) in [6.07, 6.45) is 3.63. The summed E-state index contributed by atoms with van der Waals surface area (Å²) in [5.41, 5.74) is 5.84. The molecule has 1 aliphatic carbocycles. The second-order valence-corrected chi connectivity index (χ2v) is 10.6. The zero-order valence-electron chi connectivity index (χ0n) is 18.3. The van der Waals surface area contributed by atoms with E-state index in [-0.39, 0.29) is 11.5 Å². The minimum Gasteiger partial charge on any atom is -0.358 e. The van der Waals surface area contributed by atoms with Crippen LogP contribution in [0.5, 0.6) is 0 Å². The molecule has 0 unspecified atom stereocenters. The fourth-order valence-electron chi connectivity index (χ4n) is 4.36. The van der Waals surface area contributed by atoms with E-state index in [0.717, 1.165) is 40.6 Å². The quantitative estimate of drug-likeness (QED) is 0.350. The predicted molar refractivity (Wildman–Crippen MR) is 133 cm³/mol. The number of nitrogens with one attached hydrogen (secondary N) is 3. The van der Waals surface area contributed by atoms with Crippen molar-refractivity contribution in [2.45, 2.75) is 51.8 Å². The molecule has 0 bridgehead atoms. The second-order valence-electron chi connectivity index (χ2n) is 8.38. The highest BCUT2D eigenvalue weighted by atomic mass is 32.2. The van der Waals surface area contributed by atoms with Crippen molar-refractivity contribution in [3.63, 3.8) is 0 Å². The highest BCUT2D eigenvalue weighted by Crippen LogP contribution is 2.34. The van der Waals surface area contributed by atoms with Gasteiger partial charge in [0, 0.05) is 40.2 Å². The maximum absolute atomic E-state index is 12.5. The lowest BCUT2D eigenvalue weighted by molar-refractivity contribution is -0.120. The van der Waals surface area contributed by atoms with Crippen LogP contribution in [0, 0.1) is 13.8 Å². The van der Waals surface area contributed by atoms with Gasteiger partial charge in [-0.3, -0.25) is 9.59 Å². The molecule has 0 saturated carbocycles. The molecule has 3 aromatic heterocycles. The largest absolute Gasteiger partial charge is 0.358 e. The molecule has 0 saturated heterocycles. The Morgan fingerprint density at radius 1 is 1.25 bits per heavy atom. The number of aryl methyl sites for hydroxylation is 4. The van der Waals surface area contributed by atoms with Crippen molar-refractivity contribution >= 4 is 50.1 Å². The Bertz CT molecular complexity index is 1380. The highest BCUT2D eigenvalue weighted by molar-refractivity contribution is 7.98. The Hall–Kier alpha value is -2.58. The molecule has 3 N–H and O–H groups in total. The Kier molecular flexibility index (Phi) is 5.82. The van der Waals surface area contributed by atoms with Gasteiger partial charge in [-0.05, 0) is 61.9 Å². The van der Waals surface area contributed by atoms with Gasteiger partial charge in [0.1, 0.15) is 10.7 Å². The first-order chi connectivity index (χ1) is 15.5. The number of hydrogen-bond donors (Lipinski definition) is 3. The smallest absolute Gasteiger partial charge is 0.259 e. The van der Waals surface area contributed by atoms with Crippen LogP contribution in [0.1, 0.15) is 45.9 Å². The lowest BCUT2D eigenvalue weighted by Gasteiger charge is -2.06. The van der Waals surface area contributed by atoms with E-state index in [0.29, 0.717) is 30.3 Å². The summed E-state index contributed by atoms with van der Waals surface area (Å²) in [6.45, 7) is 4.71. The number of H-pyrrole nitrogens is 2. The summed E-state index contributed by atoms with van der Waals surface area (Å²) in [7, 11) is 0. The van der Waals surface area contributed by atoms with Crippen molar-refractivity contribution in [2.75, 3.05) is 5.75 Å². The first-order valence-corrected chi connectivity index (χ1v) is 12.9. The van der Waals surface area contributed by atoms with Gasteiger partial charge in [0.2, 0.25) is 5.91 Å². The third-order valence-corrected chi connectivity index (χ3v) is 8.35. The van der Waals surface area contributed by atoms with Crippen LogP contribution in [0.4, 0.5) is 0 Å². The SMILES string of the molecule is Cc1[nH]c2ccc(CNC(=O)CCSCc3nc4sc5c(c4c(=O)[nH]3)CCC5)cc2c1C. The van der Waals surface area contributed by atoms with Gasteiger partial charge in [-0.1, -0.05) is 6.07 Å². The van der Waals surface area contributed by atoms with E-state index in [1.165, 1.54) is 27.1 Å². The summed E-state index contributed by atoms with van der Waals surface area (Å²) in [5, 5.41) is 5.01. The number of thioether (sulfide) groups is 1. The second kappa shape index (κ2) is 8.75. The third kappa shape index (κ3) is 4.09. The molecule has 0 atom stereocenters. The number of carbonyl (C=O) groups excluding carboxylic acids is 1. The minimum absolute atomic E-state index is 0.0208. The molecule has 1 aliphatic rings. The molecule has 0 spiro atoms. The zero-order chi connectivity index (χ0) is 22.2. The van der Waals surface area contributed by atoms with E-state index in [1.54, 1.807) is 23.1 Å². The molecule has 1 aromatic carbocycles. The van der Waals surface area contributed by atoms with Crippen LogP contribution in [0.3, 0.4) is 0 Å². The van der Waals surface area contributed by atoms with Crippen LogP contribution in [-0.2, 0) is 29.9 Å². The first-order valence-electron chi connectivity index (χ1n) is 11.0. The van der Waals surface area contributed by atoms with Crippen molar-refractivity contribution in [1.82, 2.24) is 20.3 Å². The van der Waals surface area contributed by atoms with Crippen LogP contribution in [0.15, 0.2) is 23.0 Å². The van der Waals surface area contributed by atoms with Crippen LogP contribution < -0.4 is 10.9 Å². The molecule has 6 nitrogen and oxygen atoms in total. The summed E-state index contributed by atoms with van der Waals surface area (Å²) in [5.74, 6) is 2.01. The van der Waals surface area contributed by atoms with Crippen LogP contribution in [0.2, 0.25) is 0 Å². The first kappa shape index (κ1) is 21.3. The van der Waals surface area contributed by atoms with Crippen LogP contribution >= 0.6 is 23.1 Å². The number of aromatic amines is 2. The number of rotatable bonds is 7. The predicted octanol–water partition coefficient (Wildman–Crippen LogP) is 4.51. The minimum atomic E-state index is -0.0208. The maximum Gasteiger partial charge on any atom is 0.259 e. The molecule has 1 amide bonds. The molecular formula is C24H26N4O2S2. The van der Waals surface area contributed by atoms with Crippen molar-refractivity contribution < 1.29 is 4.79 Å². The number of thiophene rings is 1. The number of nitrogens with zero attached hydrogens (tertiary/aromatic N) is 1. The molecule has 32 heavy (non-hydrogen) atoms. The number of aromatic nitrogens is 3. The molecular weight excluding hydrogens is 440 g/mol. The van der Waals surface area contributed by atoms with E-state index in [4.69, 9.17) is 0 Å². The van der Waals surface area contributed by atoms with Crippen LogP contribution in [0.25, 0.3) is 21.1 Å². The van der Waals surface area contributed by atoms with E-state index in [2.05, 4.69) is 46.2 Å². The monoisotopic (exact) mass is 466 g/mol. The molecule has 0 aliphatic heterocycles. The maximum atomic E-state index is 12.5. The standard InChI is InChI=1S/C24H26N4O2S2/c1-13-14(2)26-18-7-6-15(10-17(13)18)11-25-21(29)8-9-31-12-20-27-23(30)22-16-4-3-5-19(16)32-24(22)28-20/h6-7,10,26H,3-5,8-9,11-12H2,1-2H3,(H,25,29)(H,27,28,30). The van der Waals surface area contributed by atoms with Gasteiger partial charge < -0.3 is 15.3 Å². The lowest BCUT2D eigenvalue weighted by atomic mass is 10.1. The van der Waals surface area contributed by atoms with Crippen molar-refractivity contribution in [3.05, 3.63) is 61.6 Å². The average molecular weight is 467 g/mol. The fourth-order valence-corrected chi connectivity index (χ4v) is 6.44. The molecule has 3 heterocycles. The van der Waals surface area contributed by atoms with Gasteiger partial charge in [0.05, 0.1) is 11.1 Å². The Labute approximate surface area is 194 Å². The van der Waals surface area contributed by atoms with Gasteiger partial charge in [0.25, 0.3) is 5.56 Å². The van der Waals surface area contributed by atoms with Gasteiger partial charge in [-0.2, -0.15) is 11.8 Å². The molecule has 0 fully saturated rings. The number of fused-ring (bicyclic) bond motifs is 4. The number of benzene rings is 1. The Balaban J connectivity index is 1.11. The number of hydrogen-bond acceptors (Lipinski definition) is 5. The van der Waals surface area contributed by atoms with Gasteiger partial charge in [-0.25, -0.2) is 4.98 Å². The average Bonchev–Trinajstić information content (AvgIpc) is 3.43. The van der Waals surface area contributed by atoms with Crippen molar-refractivity contribution in [3.8, 4) is 0 Å². The fraction of sp³-hybridized carbons (Fsp3) is 0.375. The lowest BCUT2D eigenvalue weighted by Crippen LogP contribution is -2.23. The van der Waals surface area contributed by atoms with Gasteiger partial charge in [-0.15, -0.1) is 11.3 Å². The van der Waals surface area contributed by atoms with Crippen molar-refractivity contribution in [2.24, 2.45) is 0 Å². The topological polar surface area (TPSA) is 90.6 Å².